The second kappa shape index (κ2) is 4.96. The van der Waals surface area contributed by atoms with E-state index in [2.05, 4.69) is 10.3 Å². The molecule has 0 aromatic carbocycles. The van der Waals surface area contributed by atoms with Crippen molar-refractivity contribution in [3.8, 4) is 0 Å². The Balaban J connectivity index is 1.90. The van der Waals surface area contributed by atoms with Crippen molar-refractivity contribution >= 4 is 11.6 Å². The highest BCUT2D eigenvalue weighted by molar-refractivity contribution is 5.98. The number of amides is 1. The maximum Gasteiger partial charge on any atom is 0.253 e. The van der Waals surface area contributed by atoms with Crippen LogP contribution in [0.15, 0.2) is 18.5 Å². The van der Waals surface area contributed by atoms with Gasteiger partial charge in [0.15, 0.2) is 0 Å². The molecule has 0 radical (unpaired) electrons. The molecule has 0 aliphatic heterocycles. The number of carbonyl (C=O) groups excluding carboxylic acids is 1. The van der Waals surface area contributed by atoms with E-state index < -0.39 is 0 Å². The fourth-order valence-corrected chi connectivity index (χ4v) is 2.16. The second-order valence-corrected chi connectivity index (χ2v) is 4.32. The van der Waals surface area contributed by atoms with Crippen molar-refractivity contribution in [3.05, 3.63) is 24.0 Å². The van der Waals surface area contributed by atoms with Crippen molar-refractivity contribution < 1.29 is 4.79 Å². The van der Waals surface area contributed by atoms with E-state index in [1.807, 2.05) is 0 Å². The Morgan fingerprint density at radius 3 is 2.94 bits per heavy atom. The predicted molar refractivity (Wildman–Crippen MR) is 62.9 cm³/mol. The first kappa shape index (κ1) is 10.9. The number of carbonyl (C=O) groups is 1. The van der Waals surface area contributed by atoms with Gasteiger partial charge >= 0.3 is 0 Å². The Morgan fingerprint density at radius 2 is 2.25 bits per heavy atom. The topological polar surface area (TPSA) is 68.0 Å². The molecule has 3 N–H and O–H groups in total. The van der Waals surface area contributed by atoms with Crippen molar-refractivity contribution in [2.75, 3.05) is 12.3 Å². The fourth-order valence-electron chi connectivity index (χ4n) is 2.16. The van der Waals surface area contributed by atoms with Crippen LogP contribution in [-0.2, 0) is 0 Å². The summed E-state index contributed by atoms with van der Waals surface area (Å²) < 4.78 is 0. The van der Waals surface area contributed by atoms with Crippen molar-refractivity contribution in [1.82, 2.24) is 10.3 Å². The molecule has 1 amide bonds. The maximum atomic E-state index is 11.8. The van der Waals surface area contributed by atoms with Gasteiger partial charge in [0.25, 0.3) is 5.91 Å². The molecule has 16 heavy (non-hydrogen) atoms. The molecule has 1 fully saturated rings. The number of anilines is 1. The fraction of sp³-hybridized carbons (Fsp3) is 0.500. The zero-order valence-electron chi connectivity index (χ0n) is 9.28. The van der Waals surface area contributed by atoms with Gasteiger partial charge in [0.2, 0.25) is 0 Å². The van der Waals surface area contributed by atoms with E-state index in [9.17, 15) is 4.79 Å². The zero-order chi connectivity index (χ0) is 11.4. The van der Waals surface area contributed by atoms with Crippen molar-refractivity contribution in [2.24, 2.45) is 5.92 Å². The average molecular weight is 219 g/mol. The van der Waals surface area contributed by atoms with E-state index in [1.54, 1.807) is 12.3 Å². The summed E-state index contributed by atoms with van der Waals surface area (Å²) in [6.07, 6.45) is 8.12. The van der Waals surface area contributed by atoms with E-state index >= 15 is 0 Å². The van der Waals surface area contributed by atoms with Gasteiger partial charge in [0, 0.05) is 12.7 Å². The molecule has 2 rings (SSSR count). The normalized spacial score (nSPS) is 16.2. The van der Waals surface area contributed by atoms with Crippen LogP contribution in [0.1, 0.15) is 36.0 Å². The number of pyridine rings is 1. The molecule has 0 spiro atoms. The third kappa shape index (κ3) is 2.51. The van der Waals surface area contributed by atoms with Crippen LogP contribution < -0.4 is 11.1 Å². The standard InChI is InChI=1S/C12H17N3O/c13-11-8-14-6-5-10(11)12(16)15-7-9-3-1-2-4-9/h5-6,8-9H,1-4,7,13H2,(H,15,16). The predicted octanol–water partition coefficient (Wildman–Crippen LogP) is 1.58. The Labute approximate surface area is 95.3 Å². The highest BCUT2D eigenvalue weighted by atomic mass is 16.1. The molecule has 1 saturated carbocycles. The van der Waals surface area contributed by atoms with Crippen LogP contribution >= 0.6 is 0 Å². The van der Waals surface area contributed by atoms with E-state index in [0.29, 0.717) is 17.2 Å². The quantitative estimate of drug-likeness (QED) is 0.811. The van der Waals surface area contributed by atoms with Gasteiger partial charge in [0.1, 0.15) is 0 Å². The average Bonchev–Trinajstić information content (AvgIpc) is 2.79. The van der Waals surface area contributed by atoms with Gasteiger partial charge in [-0.15, -0.1) is 0 Å². The Hall–Kier alpha value is -1.58. The third-order valence-corrected chi connectivity index (χ3v) is 3.12. The molecule has 0 unspecified atom stereocenters. The maximum absolute atomic E-state index is 11.8. The summed E-state index contributed by atoms with van der Waals surface area (Å²) >= 11 is 0. The Morgan fingerprint density at radius 1 is 1.50 bits per heavy atom. The van der Waals surface area contributed by atoms with Gasteiger partial charge < -0.3 is 11.1 Å². The van der Waals surface area contributed by atoms with E-state index in [-0.39, 0.29) is 5.91 Å². The first-order chi connectivity index (χ1) is 7.77. The minimum atomic E-state index is -0.0909. The minimum Gasteiger partial charge on any atom is -0.397 e. The zero-order valence-corrected chi connectivity index (χ0v) is 9.28. The molecule has 1 aliphatic rings. The highest BCUT2D eigenvalue weighted by Gasteiger charge is 2.16. The van der Waals surface area contributed by atoms with Crippen molar-refractivity contribution in [1.29, 1.82) is 0 Å². The molecule has 4 heteroatoms. The lowest BCUT2D eigenvalue weighted by Gasteiger charge is -2.11. The molecule has 0 saturated heterocycles. The van der Waals surface area contributed by atoms with Crippen LogP contribution in [0, 0.1) is 5.92 Å². The van der Waals surface area contributed by atoms with Gasteiger partial charge in [0.05, 0.1) is 17.4 Å². The number of nitrogens with zero attached hydrogens (tertiary/aromatic N) is 1. The summed E-state index contributed by atoms with van der Waals surface area (Å²) in [7, 11) is 0. The summed E-state index contributed by atoms with van der Waals surface area (Å²) in [4.78, 5) is 15.7. The summed E-state index contributed by atoms with van der Waals surface area (Å²) in [6.45, 7) is 0.764. The monoisotopic (exact) mass is 219 g/mol. The third-order valence-electron chi connectivity index (χ3n) is 3.12. The summed E-state index contributed by atoms with van der Waals surface area (Å²) in [5.41, 5.74) is 6.64. The molecule has 0 atom stereocenters. The number of hydrogen-bond donors (Lipinski definition) is 2. The molecular formula is C12H17N3O. The van der Waals surface area contributed by atoms with Gasteiger partial charge in [-0.2, -0.15) is 0 Å². The molecule has 86 valence electrons. The molecule has 1 heterocycles. The van der Waals surface area contributed by atoms with Crippen molar-refractivity contribution in [3.63, 3.8) is 0 Å². The SMILES string of the molecule is Nc1cnccc1C(=O)NCC1CCCC1. The minimum absolute atomic E-state index is 0.0909. The number of nitrogens with two attached hydrogens (primary N) is 1. The first-order valence-corrected chi connectivity index (χ1v) is 5.75. The Kier molecular flexibility index (Phi) is 3.39. The largest absolute Gasteiger partial charge is 0.397 e. The lowest BCUT2D eigenvalue weighted by atomic mass is 10.1. The summed E-state index contributed by atoms with van der Waals surface area (Å²) in [5, 5.41) is 2.94. The molecule has 1 aromatic rings. The highest BCUT2D eigenvalue weighted by Crippen LogP contribution is 2.23. The van der Waals surface area contributed by atoms with Crippen LogP contribution in [-0.4, -0.2) is 17.4 Å². The summed E-state index contributed by atoms with van der Waals surface area (Å²) in [6, 6.07) is 1.65. The van der Waals surface area contributed by atoms with Gasteiger partial charge in [-0.3, -0.25) is 9.78 Å². The van der Waals surface area contributed by atoms with Gasteiger partial charge in [-0.25, -0.2) is 0 Å². The lowest BCUT2D eigenvalue weighted by Crippen LogP contribution is -2.28. The number of rotatable bonds is 3. The van der Waals surface area contributed by atoms with Crippen LogP contribution in [0.25, 0.3) is 0 Å². The molecule has 0 bridgehead atoms. The van der Waals surface area contributed by atoms with Crippen molar-refractivity contribution in [2.45, 2.75) is 25.7 Å². The van der Waals surface area contributed by atoms with Gasteiger partial charge in [-0.1, -0.05) is 12.8 Å². The lowest BCUT2D eigenvalue weighted by molar-refractivity contribution is 0.0948. The van der Waals surface area contributed by atoms with E-state index in [4.69, 9.17) is 5.73 Å². The number of nitrogens with one attached hydrogen (secondary N) is 1. The molecule has 4 nitrogen and oxygen atoms in total. The van der Waals surface area contributed by atoms with Crippen LogP contribution in [0.4, 0.5) is 5.69 Å². The smallest absolute Gasteiger partial charge is 0.253 e. The second-order valence-electron chi connectivity index (χ2n) is 4.32. The van der Waals surface area contributed by atoms with Crippen LogP contribution in [0.5, 0.6) is 0 Å². The molecule has 1 aliphatic carbocycles. The van der Waals surface area contributed by atoms with Crippen LogP contribution in [0.2, 0.25) is 0 Å². The van der Waals surface area contributed by atoms with E-state index in [1.165, 1.54) is 31.9 Å². The van der Waals surface area contributed by atoms with Gasteiger partial charge in [-0.05, 0) is 24.8 Å². The number of aromatic nitrogens is 1. The van der Waals surface area contributed by atoms with E-state index in [0.717, 1.165) is 6.54 Å². The molecular weight excluding hydrogens is 202 g/mol. The summed E-state index contributed by atoms with van der Waals surface area (Å²) in [5.74, 6) is 0.554. The van der Waals surface area contributed by atoms with Crippen LogP contribution in [0.3, 0.4) is 0 Å². The molecule has 1 aromatic heterocycles. The Bertz CT molecular complexity index is 372. The number of nitrogen functional groups attached to an aromatic ring is 1. The number of hydrogen-bond acceptors (Lipinski definition) is 3. The first-order valence-electron chi connectivity index (χ1n) is 5.75.